The van der Waals surface area contributed by atoms with Crippen LogP contribution in [0, 0.1) is 6.92 Å². The number of aromatic carboxylic acids is 1. The highest BCUT2D eigenvalue weighted by atomic mass is 16.5. The summed E-state index contributed by atoms with van der Waals surface area (Å²) in [4.78, 5) is 24.6. The lowest BCUT2D eigenvalue weighted by molar-refractivity contribution is 0.0679. The van der Waals surface area contributed by atoms with Crippen LogP contribution in [0.15, 0.2) is 42.5 Å². The van der Waals surface area contributed by atoms with Crippen molar-refractivity contribution in [3.63, 3.8) is 0 Å². The normalized spacial score (nSPS) is 10.6. The predicted octanol–water partition coefficient (Wildman–Crippen LogP) is 2.15. The number of hydrogen-bond donors (Lipinski definition) is 2. The molecule has 0 radical (unpaired) electrons. The van der Waals surface area contributed by atoms with E-state index in [1.165, 1.54) is 4.68 Å². The summed E-state index contributed by atoms with van der Waals surface area (Å²) in [7, 11) is 1.56. The van der Waals surface area contributed by atoms with E-state index in [1.807, 2.05) is 0 Å². The van der Waals surface area contributed by atoms with Gasteiger partial charge in [0.2, 0.25) is 5.78 Å². The van der Waals surface area contributed by atoms with Crippen molar-refractivity contribution < 1.29 is 19.4 Å². The minimum Gasteiger partial charge on any atom is -0.497 e. The molecular formula is C19H18N4O4. The first-order chi connectivity index (χ1) is 12.9. The summed E-state index contributed by atoms with van der Waals surface area (Å²) in [5.74, 6) is -1.18. The van der Waals surface area contributed by atoms with Crippen molar-refractivity contribution in [2.45, 2.75) is 13.5 Å². The molecule has 0 aliphatic carbocycles. The van der Waals surface area contributed by atoms with E-state index in [4.69, 9.17) is 10.5 Å². The van der Waals surface area contributed by atoms with Crippen molar-refractivity contribution in [2.24, 2.45) is 0 Å². The second-order valence-electron chi connectivity index (χ2n) is 5.96. The Morgan fingerprint density at radius 3 is 2.52 bits per heavy atom. The summed E-state index contributed by atoms with van der Waals surface area (Å²) in [5.41, 5.74) is 7.46. The lowest BCUT2D eigenvalue weighted by Crippen LogP contribution is -2.16. The van der Waals surface area contributed by atoms with Gasteiger partial charge in [-0.1, -0.05) is 29.5 Å². The Hall–Kier alpha value is -3.68. The number of carbonyl (C=O) groups is 2. The van der Waals surface area contributed by atoms with Crippen LogP contribution in [0.25, 0.3) is 0 Å². The quantitative estimate of drug-likeness (QED) is 0.506. The number of methoxy groups -OCH3 is 1. The Bertz CT molecular complexity index is 1010. The predicted molar refractivity (Wildman–Crippen MR) is 98.1 cm³/mol. The zero-order valence-electron chi connectivity index (χ0n) is 14.8. The fraction of sp³-hybridized carbons (Fsp3) is 0.158. The van der Waals surface area contributed by atoms with E-state index >= 15 is 0 Å². The Morgan fingerprint density at radius 1 is 1.19 bits per heavy atom. The fourth-order valence-electron chi connectivity index (χ4n) is 2.70. The van der Waals surface area contributed by atoms with Crippen molar-refractivity contribution in [2.75, 3.05) is 12.8 Å². The number of ketones is 1. The van der Waals surface area contributed by atoms with Gasteiger partial charge in [0.15, 0.2) is 11.4 Å². The maximum Gasteiger partial charge on any atom is 0.356 e. The van der Waals surface area contributed by atoms with Crippen molar-refractivity contribution in [1.82, 2.24) is 15.0 Å². The molecule has 8 nitrogen and oxygen atoms in total. The molecule has 3 aromatic rings. The lowest BCUT2D eigenvalue weighted by atomic mass is 10.0. The first kappa shape index (κ1) is 18.1. The molecule has 0 unspecified atom stereocenters. The third-order valence-electron chi connectivity index (χ3n) is 4.21. The third kappa shape index (κ3) is 3.50. The molecule has 2 aromatic carbocycles. The molecule has 0 amide bonds. The lowest BCUT2D eigenvalue weighted by Gasteiger charge is -2.07. The van der Waals surface area contributed by atoms with Crippen LogP contribution >= 0.6 is 0 Å². The highest BCUT2D eigenvalue weighted by molar-refractivity contribution is 6.15. The van der Waals surface area contributed by atoms with Crippen molar-refractivity contribution in [3.05, 3.63) is 70.5 Å². The monoisotopic (exact) mass is 366 g/mol. The van der Waals surface area contributed by atoms with Gasteiger partial charge in [-0.15, -0.1) is 5.10 Å². The Labute approximate surface area is 155 Å². The average Bonchev–Trinajstić information content (AvgIpc) is 3.08. The van der Waals surface area contributed by atoms with E-state index in [2.05, 4.69) is 10.3 Å². The van der Waals surface area contributed by atoms with Crippen LogP contribution in [0.1, 0.15) is 37.7 Å². The van der Waals surface area contributed by atoms with Crippen LogP contribution in [0.4, 0.5) is 5.69 Å². The first-order valence-electron chi connectivity index (χ1n) is 8.12. The summed E-state index contributed by atoms with van der Waals surface area (Å²) >= 11 is 0. The number of rotatable bonds is 6. The van der Waals surface area contributed by atoms with Gasteiger partial charge < -0.3 is 15.6 Å². The number of carboxylic acids is 1. The molecule has 0 aliphatic rings. The Balaban J connectivity index is 1.99. The standard InChI is InChI=1S/C19H18N4O4/c1-11-4-3-5-14(15(11)20)18(24)16-17(19(25)26)23(22-21-16)10-12-6-8-13(27-2)9-7-12/h3-9H,10,20H2,1-2H3,(H,25,26). The van der Waals surface area contributed by atoms with Crippen LogP contribution in [-0.4, -0.2) is 39.0 Å². The minimum absolute atomic E-state index is 0.148. The number of para-hydroxylation sites is 1. The third-order valence-corrected chi connectivity index (χ3v) is 4.21. The zero-order valence-corrected chi connectivity index (χ0v) is 14.8. The van der Waals surface area contributed by atoms with Gasteiger partial charge >= 0.3 is 5.97 Å². The SMILES string of the molecule is COc1ccc(Cn2nnc(C(=O)c3cccc(C)c3N)c2C(=O)O)cc1. The highest BCUT2D eigenvalue weighted by Crippen LogP contribution is 2.21. The Morgan fingerprint density at radius 2 is 1.89 bits per heavy atom. The summed E-state index contributed by atoms with van der Waals surface area (Å²) in [5, 5.41) is 17.3. The summed E-state index contributed by atoms with van der Waals surface area (Å²) < 4.78 is 6.29. The van der Waals surface area contributed by atoms with Crippen LogP contribution < -0.4 is 10.5 Å². The highest BCUT2D eigenvalue weighted by Gasteiger charge is 2.27. The number of nitrogens with zero attached hydrogens (tertiary/aromatic N) is 3. The number of anilines is 1. The van der Waals surface area contributed by atoms with E-state index in [0.717, 1.165) is 11.1 Å². The zero-order chi connectivity index (χ0) is 19.6. The van der Waals surface area contributed by atoms with E-state index in [1.54, 1.807) is 56.5 Å². The number of carbonyl (C=O) groups excluding carboxylic acids is 1. The van der Waals surface area contributed by atoms with Gasteiger partial charge in [-0.05, 0) is 36.2 Å². The van der Waals surface area contributed by atoms with Crippen LogP contribution in [-0.2, 0) is 6.54 Å². The molecule has 1 aromatic heterocycles. The molecule has 0 spiro atoms. The van der Waals surface area contributed by atoms with E-state index in [9.17, 15) is 14.7 Å². The molecule has 138 valence electrons. The van der Waals surface area contributed by atoms with E-state index in [-0.39, 0.29) is 23.5 Å². The van der Waals surface area contributed by atoms with Gasteiger partial charge in [0, 0.05) is 11.3 Å². The molecule has 27 heavy (non-hydrogen) atoms. The van der Waals surface area contributed by atoms with Crippen molar-refractivity contribution in [1.29, 1.82) is 0 Å². The molecule has 0 atom stereocenters. The number of nitrogens with two attached hydrogens (primary N) is 1. The molecule has 0 saturated carbocycles. The van der Waals surface area contributed by atoms with Crippen molar-refractivity contribution in [3.8, 4) is 5.75 Å². The van der Waals surface area contributed by atoms with Crippen LogP contribution in [0.5, 0.6) is 5.75 Å². The minimum atomic E-state index is -1.29. The summed E-state index contributed by atoms with van der Waals surface area (Å²) in [6.45, 7) is 1.92. The van der Waals surface area contributed by atoms with Gasteiger partial charge in [0.05, 0.1) is 13.7 Å². The van der Waals surface area contributed by atoms with E-state index < -0.39 is 11.8 Å². The molecule has 0 fully saturated rings. The maximum absolute atomic E-state index is 12.8. The number of aryl methyl sites for hydroxylation is 1. The average molecular weight is 366 g/mol. The van der Waals surface area contributed by atoms with Crippen LogP contribution in [0.2, 0.25) is 0 Å². The summed E-state index contributed by atoms with van der Waals surface area (Å²) in [6, 6.07) is 12.1. The first-order valence-corrected chi connectivity index (χ1v) is 8.12. The number of carboxylic acid groups (broad SMARTS) is 1. The summed E-state index contributed by atoms with van der Waals surface area (Å²) in [6.07, 6.45) is 0. The molecule has 3 rings (SSSR count). The number of hydrogen-bond acceptors (Lipinski definition) is 6. The van der Waals surface area contributed by atoms with Gasteiger partial charge in [-0.25, -0.2) is 9.48 Å². The smallest absolute Gasteiger partial charge is 0.356 e. The second-order valence-corrected chi connectivity index (χ2v) is 5.96. The molecule has 0 aliphatic heterocycles. The number of benzene rings is 2. The molecule has 0 saturated heterocycles. The number of ether oxygens (including phenoxy) is 1. The molecule has 1 heterocycles. The van der Waals surface area contributed by atoms with Crippen molar-refractivity contribution >= 4 is 17.4 Å². The Kier molecular flexibility index (Phi) is 4.89. The van der Waals surface area contributed by atoms with Crippen LogP contribution in [0.3, 0.4) is 0 Å². The van der Waals surface area contributed by atoms with Gasteiger partial charge in [0.1, 0.15) is 5.75 Å². The fourth-order valence-corrected chi connectivity index (χ4v) is 2.70. The molecule has 3 N–H and O–H groups in total. The van der Waals surface area contributed by atoms with E-state index in [0.29, 0.717) is 11.4 Å². The number of nitrogen functional groups attached to an aromatic ring is 1. The maximum atomic E-state index is 12.8. The second kappa shape index (κ2) is 7.28. The topological polar surface area (TPSA) is 120 Å². The van der Waals surface area contributed by atoms with Gasteiger partial charge in [0.25, 0.3) is 0 Å². The molecular weight excluding hydrogens is 348 g/mol. The molecule has 8 heteroatoms. The number of aromatic nitrogens is 3. The largest absolute Gasteiger partial charge is 0.497 e. The van der Waals surface area contributed by atoms with Gasteiger partial charge in [-0.3, -0.25) is 4.79 Å². The van der Waals surface area contributed by atoms with Gasteiger partial charge in [-0.2, -0.15) is 0 Å². The molecule has 0 bridgehead atoms.